The molecule has 0 atom stereocenters. The molecule has 0 aliphatic carbocycles. The van der Waals surface area contributed by atoms with E-state index in [-0.39, 0.29) is 0 Å². The second-order valence-corrected chi connectivity index (χ2v) is 5.10. The number of hydrogen-bond acceptors (Lipinski definition) is 6. The highest BCUT2D eigenvalue weighted by molar-refractivity contribution is 7.09. The Morgan fingerprint density at radius 3 is 2.63 bits per heavy atom. The number of aromatic nitrogens is 2. The summed E-state index contributed by atoms with van der Waals surface area (Å²) in [6, 6.07) is 0. The molecular weight excluding hydrogens is 279 g/mol. The first-order valence-corrected chi connectivity index (χ1v) is 6.86. The van der Waals surface area contributed by atoms with Crippen molar-refractivity contribution in [2.24, 2.45) is 5.73 Å². The van der Waals surface area contributed by atoms with E-state index < -0.39 is 12.0 Å². The molecule has 1 aromatic heterocycles. The molecule has 9 heteroatoms. The van der Waals surface area contributed by atoms with Crippen molar-refractivity contribution in [2.45, 2.75) is 12.6 Å². The van der Waals surface area contributed by atoms with E-state index in [1.54, 1.807) is 0 Å². The molecule has 19 heavy (non-hydrogen) atoms. The SMILES string of the molecule is NCCN1CCCN(c2nc(C(F)(F)F)ns2)CC1. The molecule has 0 unspecified atom stereocenters. The van der Waals surface area contributed by atoms with E-state index in [1.807, 2.05) is 4.90 Å². The third-order valence-electron chi connectivity index (χ3n) is 2.97. The van der Waals surface area contributed by atoms with Gasteiger partial charge in [0.05, 0.1) is 0 Å². The maximum Gasteiger partial charge on any atom is 0.452 e. The van der Waals surface area contributed by atoms with Crippen LogP contribution in [0.5, 0.6) is 0 Å². The van der Waals surface area contributed by atoms with Crippen LogP contribution in [0.2, 0.25) is 0 Å². The number of nitrogens with two attached hydrogens (primary N) is 1. The highest BCUT2D eigenvalue weighted by Crippen LogP contribution is 2.30. The van der Waals surface area contributed by atoms with E-state index in [4.69, 9.17) is 5.73 Å². The lowest BCUT2D eigenvalue weighted by Gasteiger charge is -2.20. The van der Waals surface area contributed by atoms with E-state index in [9.17, 15) is 13.2 Å². The van der Waals surface area contributed by atoms with Gasteiger partial charge in [-0.05, 0) is 13.0 Å². The van der Waals surface area contributed by atoms with Gasteiger partial charge in [-0.25, -0.2) is 0 Å². The van der Waals surface area contributed by atoms with Gasteiger partial charge in [-0.2, -0.15) is 22.5 Å². The molecule has 0 aromatic carbocycles. The molecule has 0 amide bonds. The zero-order chi connectivity index (χ0) is 13.9. The van der Waals surface area contributed by atoms with Gasteiger partial charge in [0.25, 0.3) is 0 Å². The van der Waals surface area contributed by atoms with Gasteiger partial charge in [-0.3, -0.25) is 0 Å². The van der Waals surface area contributed by atoms with Gasteiger partial charge in [0.15, 0.2) is 0 Å². The van der Waals surface area contributed by atoms with E-state index in [0.717, 1.165) is 37.6 Å². The van der Waals surface area contributed by atoms with Crippen LogP contribution in [0, 0.1) is 0 Å². The molecule has 1 aliphatic rings. The summed E-state index contributed by atoms with van der Waals surface area (Å²) >= 11 is 0.808. The molecule has 1 aromatic rings. The Morgan fingerprint density at radius 2 is 2.00 bits per heavy atom. The minimum absolute atomic E-state index is 0.349. The van der Waals surface area contributed by atoms with Crippen LogP contribution in [0.25, 0.3) is 0 Å². The molecule has 1 aliphatic heterocycles. The smallest absolute Gasteiger partial charge is 0.346 e. The normalized spacial score (nSPS) is 18.6. The summed E-state index contributed by atoms with van der Waals surface area (Å²) in [5.41, 5.74) is 5.51. The molecule has 2 heterocycles. The van der Waals surface area contributed by atoms with Crippen molar-refractivity contribution in [3.05, 3.63) is 5.82 Å². The number of anilines is 1. The quantitative estimate of drug-likeness (QED) is 0.902. The lowest BCUT2D eigenvalue weighted by atomic mass is 10.4. The zero-order valence-electron chi connectivity index (χ0n) is 10.4. The van der Waals surface area contributed by atoms with E-state index in [0.29, 0.717) is 24.8 Å². The summed E-state index contributed by atoms with van der Waals surface area (Å²) in [7, 11) is 0. The van der Waals surface area contributed by atoms with Gasteiger partial charge in [0.1, 0.15) is 0 Å². The summed E-state index contributed by atoms with van der Waals surface area (Å²) in [5.74, 6) is -1.05. The molecule has 1 saturated heterocycles. The predicted octanol–water partition coefficient (Wildman–Crippen LogP) is 1.03. The fraction of sp³-hybridized carbons (Fsp3) is 0.800. The predicted molar refractivity (Wildman–Crippen MR) is 67.2 cm³/mol. The topological polar surface area (TPSA) is 58.3 Å². The van der Waals surface area contributed by atoms with Crippen LogP contribution < -0.4 is 10.6 Å². The average molecular weight is 295 g/mol. The zero-order valence-corrected chi connectivity index (χ0v) is 11.2. The van der Waals surface area contributed by atoms with Crippen molar-refractivity contribution in [3.8, 4) is 0 Å². The van der Waals surface area contributed by atoms with Gasteiger partial charge < -0.3 is 15.5 Å². The fourth-order valence-corrected chi connectivity index (χ4v) is 2.77. The Labute approximate surface area is 113 Å². The minimum Gasteiger partial charge on any atom is -0.346 e. The maximum atomic E-state index is 12.5. The number of halogens is 3. The Bertz CT molecular complexity index is 408. The molecule has 108 valence electrons. The van der Waals surface area contributed by atoms with Crippen LogP contribution in [0.15, 0.2) is 0 Å². The van der Waals surface area contributed by atoms with Crippen molar-refractivity contribution < 1.29 is 13.2 Å². The van der Waals surface area contributed by atoms with Crippen molar-refractivity contribution >= 4 is 16.7 Å². The Kier molecular flexibility index (Phi) is 4.58. The van der Waals surface area contributed by atoms with Gasteiger partial charge >= 0.3 is 6.18 Å². The van der Waals surface area contributed by atoms with Gasteiger partial charge in [0, 0.05) is 44.3 Å². The van der Waals surface area contributed by atoms with Crippen LogP contribution in [-0.2, 0) is 6.18 Å². The number of alkyl halides is 3. The summed E-state index contributed by atoms with van der Waals surface area (Å²) in [4.78, 5) is 7.66. The number of nitrogens with zero attached hydrogens (tertiary/aromatic N) is 4. The van der Waals surface area contributed by atoms with Crippen LogP contribution >= 0.6 is 11.5 Å². The van der Waals surface area contributed by atoms with Crippen molar-refractivity contribution in [1.29, 1.82) is 0 Å². The third kappa shape index (κ3) is 3.77. The Balaban J connectivity index is 2.00. The first kappa shape index (κ1) is 14.5. The van der Waals surface area contributed by atoms with E-state index in [1.165, 1.54) is 0 Å². The van der Waals surface area contributed by atoms with Crippen molar-refractivity contribution in [3.63, 3.8) is 0 Å². The van der Waals surface area contributed by atoms with Crippen LogP contribution in [0.1, 0.15) is 12.2 Å². The van der Waals surface area contributed by atoms with Gasteiger partial charge in [0.2, 0.25) is 11.0 Å². The molecule has 2 rings (SSSR count). The third-order valence-corrected chi connectivity index (χ3v) is 3.75. The Morgan fingerprint density at radius 1 is 1.21 bits per heavy atom. The summed E-state index contributed by atoms with van der Waals surface area (Å²) in [6.07, 6.45) is -3.58. The van der Waals surface area contributed by atoms with Gasteiger partial charge in [-0.1, -0.05) is 0 Å². The summed E-state index contributed by atoms with van der Waals surface area (Å²) in [5, 5.41) is 0.349. The molecule has 0 bridgehead atoms. The lowest BCUT2D eigenvalue weighted by molar-refractivity contribution is -0.144. The number of rotatable bonds is 3. The van der Waals surface area contributed by atoms with E-state index in [2.05, 4.69) is 14.3 Å². The number of hydrogen-bond donors (Lipinski definition) is 1. The second kappa shape index (κ2) is 6.02. The highest BCUT2D eigenvalue weighted by atomic mass is 32.1. The molecule has 0 saturated carbocycles. The maximum absolute atomic E-state index is 12.5. The molecular formula is C10H16F3N5S. The Hall–Kier alpha value is -0.930. The van der Waals surface area contributed by atoms with Crippen molar-refractivity contribution in [2.75, 3.05) is 44.2 Å². The first-order valence-electron chi connectivity index (χ1n) is 6.09. The first-order chi connectivity index (χ1) is 9.00. The van der Waals surface area contributed by atoms with Crippen LogP contribution in [0.4, 0.5) is 18.3 Å². The molecule has 1 fully saturated rings. The van der Waals surface area contributed by atoms with Crippen LogP contribution in [-0.4, -0.2) is 53.5 Å². The molecule has 2 N–H and O–H groups in total. The fourth-order valence-electron chi connectivity index (χ4n) is 2.03. The minimum atomic E-state index is -4.47. The van der Waals surface area contributed by atoms with E-state index >= 15 is 0 Å². The largest absolute Gasteiger partial charge is 0.452 e. The molecule has 0 radical (unpaired) electrons. The average Bonchev–Trinajstić information content (AvgIpc) is 2.72. The lowest BCUT2D eigenvalue weighted by Crippen LogP contribution is -2.33. The van der Waals surface area contributed by atoms with Crippen molar-refractivity contribution in [1.82, 2.24) is 14.3 Å². The monoisotopic (exact) mass is 295 g/mol. The molecule has 0 spiro atoms. The van der Waals surface area contributed by atoms with Gasteiger partial charge in [-0.15, -0.1) is 0 Å². The highest BCUT2D eigenvalue weighted by Gasteiger charge is 2.36. The van der Waals surface area contributed by atoms with Crippen LogP contribution in [0.3, 0.4) is 0 Å². The summed E-state index contributed by atoms with van der Waals surface area (Å²) < 4.78 is 40.7. The second-order valence-electron chi connectivity index (χ2n) is 4.37. The summed E-state index contributed by atoms with van der Waals surface area (Å²) in [6.45, 7) is 4.48. The molecule has 5 nitrogen and oxygen atoms in total. The standard InChI is InChI=1S/C10H16F3N5S/c11-10(12,13)8-15-9(19-16-8)18-4-1-3-17(5-2-14)6-7-18/h1-7,14H2.